The number of aryl methyl sites for hydroxylation is 2. The monoisotopic (exact) mass is 400 g/mol. The van der Waals surface area contributed by atoms with E-state index in [0.29, 0.717) is 12.0 Å². The summed E-state index contributed by atoms with van der Waals surface area (Å²) in [4.78, 5) is 14.0. The Bertz CT molecular complexity index is 805. The molecule has 3 rings (SSSR count). The van der Waals surface area contributed by atoms with Crippen LogP contribution in [0.15, 0.2) is 24.3 Å². The largest absolute Gasteiger partial charge is 0.392 e. The smallest absolute Gasteiger partial charge is 0.136 e. The van der Waals surface area contributed by atoms with Gasteiger partial charge in [0.1, 0.15) is 17.5 Å². The number of β-amino-alcohol motifs (C(OH)–C–C–N with tert-alkyl or cyclic N) is 1. The number of hydrogen-bond donors (Lipinski definition) is 1. The Balaban J connectivity index is 1.80. The molecule has 1 N–H and O–H groups in total. The highest BCUT2D eigenvalue weighted by Crippen LogP contribution is 2.26. The van der Waals surface area contributed by atoms with Gasteiger partial charge in [-0.2, -0.15) is 0 Å². The lowest BCUT2D eigenvalue weighted by Gasteiger charge is -2.37. The number of piperazine rings is 1. The first-order valence-corrected chi connectivity index (χ1v) is 10.8. The van der Waals surface area contributed by atoms with Gasteiger partial charge in [-0.05, 0) is 31.4 Å². The zero-order valence-electron chi connectivity index (χ0n) is 17.9. The average molecular weight is 401 g/mol. The molecule has 1 aliphatic heterocycles. The molecule has 0 saturated carbocycles. The van der Waals surface area contributed by atoms with Crippen molar-refractivity contribution in [2.24, 2.45) is 0 Å². The molecule has 1 unspecified atom stereocenters. The second-order valence-electron chi connectivity index (χ2n) is 7.87. The van der Waals surface area contributed by atoms with Gasteiger partial charge < -0.3 is 10.0 Å². The van der Waals surface area contributed by atoms with Crippen molar-refractivity contribution in [1.82, 2.24) is 14.9 Å². The number of aromatic nitrogens is 2. The molecule has 1 aromatic heterocycles. The van der Waals surface area contributed by atoms with Crippen molar-refractivity contribution in [3.8, 4) is 0 Å². The summed E-state index contributed by atoms with van der Waals surface area (Å²) in [5, 5.41) is 10.1. The first-order valence-electron chi connectivity index (χ1n) is 10.8. The molecular formula is C23H33FN4O. The molecule has 1 atom stereocenters. The topological polar surface area (TPSA) is 52.5 Å². The summed E-state index contributed by atoms with van der Waals surface area (Å²) in [6, 6.07) is 6.94. The Morgan fingerprint density at radius 2 is 1.83 bits per heavy atom. The van der Waals surface area contributed by atoms with E-state index >= 15 is 0 Å². The molecule has 0 amide bonds. The third kappa shape index (κ3) is 5.52. The van der Waals surface area contributed by atoms with Gasteiger partial charge >= 0.3 is 0 Å². The Labute approximate surface area is 173 Å². The lowest BCUT2D eigenvalue weighted by atomic mass is 10.0. The predicted molar refractivity (Wildman–Crippen MR) is 115 cm³/mol. The number of anilines is 1. The molecule has 0 spiro atoms. The highest BCUT2D eigenvalue weighted by molar-refractivity contribution is 5.52. The Morgan fingerprint density at radius 3 is 2.48 bits per heavy atom. The van der Waals surface area contributed by atoms with Gasteiger partial charge in [0.05, 0.1) is 6.10 Å². The van der Waals surface area contributed by atoms with E-state index in [1.54, 1.807) is 6.07 Å². The molecule has 2 aromatic rings. The van der Waals surface area contributed by atoms with E-state index in [-0.39, 0.29) is 11.9 Å². The summed E-state index contributed by atoms with van der Waals surface area (Å²) in [6.45, 7) is 10.3. The molecular weight excluding hydrogens is 367 g/mol. The van der Waals surface area contributed by atoms with Crippen molar-refractivity contribution in [3.63, 3.8) is 0 Å². The van der Waals surface area contributed by atoms with Crippen LogP contribution in [0.4, 0.5) is 10.2 Å². The van der Waals surface area contributed by atoms with E-state index in [2.05, 4.69) is 28.6 Å². The number of aliphatic hydroxyl groups is 1. The van der Waals surface area contributed by atoms with Gasteiger partial charge in [0.25, 0.3) is 0 Å². The maximum atomic E-state index is 14.3. The fourth-order valence-corrected chi connectivity index (χ4v) is 4.07. The van der Waals surface area contributed by atoms with Crippen LogP contribution in [-0.2, 0) is 12.8 Å². The SMILES string of the molecule is CCCC(O)CN1CCN(c2nc(C)nc(CC)c2Cc2ccccc2F)CC1. The molecule has 0 bridgehead atoms. The van der Waals surface area contributed by atoms with Crippen molar-refractivity contribution >= 4 is 5.82 Å². The van der Waals surface area contributed by atoms with Crippen LogP contribution in [-0.4, -0.2) is 58.8 Å². The molecule has 1 saturated heterocycles. The van der Waals surface area contributed by atoms with E-state index in [9.17, 15) is 9.50 Å². The van der Waals surface area contributed by atoms with Crippen LogP contribution in [0.1, 0.15) is 49.3 Å². The number of rotatable bonds is 8. The minimum Gasteiger partial charge on any atom is -0.392 e. The fourth-order valence-electron chi connectivity index (χ4n) is 4.07. The third-order valence-corrected chi connectivity index (χ3v) is 5.61. The molecule has 6 heteroatoms. The third-order valence-electron chi connectivity index (χ3n) is 5.61. The summed E-state index contributed by atoms with van der Waals surface area (Å²) >= 11 is 0. The second-order valence-corrected chi connectivity index (χ2v) is 7.87. The van der Waals surface area contributed by atoms with Crippen LogP contribution in [0, 0.1) is 12.7 Å². The van der Waals surface area contributed by atoms with Gasteiger partial charge in [-0.1, -0.05) is 38.5 Å². The molecule has 5 nitrogen and oxygen atoms in total. The highest BCUT2D eigenvalue weighted by Gasteiger charge is 2.24. The highest BCUT2D eigenvalue weighted by atomic mass is 19.1. The Hall–Kier alpha value is -2.05. The van der Waals surface area contributed by atoms with E-state index < -0.39 is 0 Å². The molecule has 29 heavy (non-hydrogen) atoms. The number of hydrogen-bond acceptors (Lipinski definition) is 5. The Kier molecular flexibility index (Phi) is 7.56. The van der Waals surface area contributed by atoms with E-state index in [1.165, 1.54) is 6.07 Å². The predicted octanol–water partition coefficient (Wildman–Crippen LogP) is 3.36. The Morgan fingerprint density at radius 1 is 1.10 bits per heavy atom. The minimum absolute atomic E-state index is 0.184. The van der Waals surface area contributed by atoms with Crippen molar-refractivity contribution in [2.45, 2.75) is 52.6 Å². The molecule has 158 valence electrons. The zero-order chi connectivity index (χ0) is 20.8. The van der Waals surface area contributed by atoms with Crippen molar-refractivity contribution in [3.05, 3.63) is 52.7 Å². The van der Waals surface area contributed by atoms with Crippen molar-refractivity contribution < 1.29 is 9.50 Å². The molecule has 1 aliphatic rings. The maximum absolute atomic E-state index is 14.3. The number of benzene rings is 1. The van der Waals surface area contributed by atoms with Gasteiger partial charge in [-0.15, -0.1) is 0 Å². The molecule has 1 aromatic carbocycles. The summed E-state index contributed by atoms with van der Waals surface area (Å²) in [7, 11) is 0. The van der Waals surface area contributed by atoms with Gasteiger partial charge in [0.2, 0.25) is 0 Å². The number of nitrogens with zero attached hydrogens (tertiary/aromatic N) is 4. The van der Waals surface area contributed by atoms with Crippen molar-refractivity contribution in [1.29, 1.82) is 0 Å². The summed E-state index contributed by atoms with van der Waals surface area (Å²) in [6.07, 6.45) is 2.89. The van der Waals surface area contributed by atoms with Crippen molar-refractivity contribution in [2.75, 3.05) is 37.6 Å². The summed E-state index contributed by atoms with van der Waals surface area (Å²) in [5.74, 6) is 1.51. The van der Waals surface area contributed by atoms with E-state index in [0.717, 1.165) is 74.9 Å². The molecule has 0 radical (unpaired) electrons. The van der Waals surface area contributed by atoms with E-state index in [1.807, 2.05) is 19.1 Å². The first-order chi connectivity index (χ1) is 14.0. The van der Waals surface area contributed by atoms with Gasteiger partial charge in [0, 0.05) is 50.4 Å². The quantitative estimate of drug-likeness (QED) is 0.736. The molecule has 2 heterocycles. The zero-order valence-corrected chi connectivity index (χ0v) is 17.9. The van der Waals surface area contributed by atoms with Gasteiger partial charge in [0.15, 0.2) is 0 Å². The molecule has 0 aliphatic carbocycles. The van der Waals surface area contributed by atoms with E-state index in [4.69, 9.17) is 4.98 Å². The number of aliphatic hydroxyl groups excluding tert-OH is 1. The van der Waals surface area contributed by atoms with Crippen LogP contribution in [0.3, 0.4) is 0 Å². The molecule has 1 fully saturated rings. The lowest BCUT2D eigenvalue weighted by molar-refractivity contribution is 0.101. The summed E-state index contributed by atoms with van der Waals surface area (Å²) in [5.41, 5.74) is 2.71. The fraction of sp³-hybridized carbons (Fsp3) is 0.565. The lowest BCUT2D eigenvalue weighted by Crippen LogP contribution is -2.49. The van der Waals surface area contributed by atoms with Crippen LogP contribution in [0.2, 0.25) is 0 Å². The van der Waals surface area contributed by atoms with Gasteiger partial charge in [-0.25, -0.2) is 14.4 Å². The standard InChI is InChI=1S/C23H33FN4O/c1-4-8-19(29)16-27-11-13-28(14-12-27)23-20(22(5-2)25-17(3)26-23)15-18-9-6-7-10-21(18)24/h6-7,9-10,19,29H,4-5,8,11-16H2,1-3H3. The second kappa shape index (κ2) is 10.1. The van der Waals surface area contributed by atoms with Crippen LogP contribution in [0.5, 0.6) is 0 Å². The average Bonchev–Trinajstić information content (AvgIpc) is 2.71. The summed E-state index contributed by atoms with van der Waals surface area (Å²) < 4.78 is 14.3. The first kappa shape index (κ1) is 21.7. The maximum Gasteiger partial charge on any atom is 0.136 e. The number of halogens is 1. The van der Waals surface area contributed by atoms with Crippen LogP contribution < -0.4 is 4.90 Å². The normalized spacial score (nSPS) is 16.2. The van der Waals surface area contributed by atoms with Crippen LogP contribution >= 0.6 is 0 Å². The minimum atomic E-state index is -0.254. The van der Waals surface area contributed by atoms with Crippen LogP contribution in [0.25, 0.3) is 0 Å². The van der Waals surface area contributed by atoms with Gasteiger partial charge in [-0.3, -0.25) is 4.90 Å².